The zero-order valence-electron chi connectivity index (χ0n) is 18.8. The average Bonchev–Trinajstić information content (AvgIpc) is 3.00. The molecule has 6 nitrogen and oxygen atoms in total. The topological polar surface area (TPSA) is 104 Å². The lowest BCUT2D eigenvalue weighted by Gasteiger charge is -2.24. The van der Waals surface area contributed by atoms with Crippen molar-refractivity contribution in [3.8, 4) is 5.75 Å². The van der Waals surface area contributed by atoms with E-state index in [0.29, 0.717) is 18.9 Å². The minimum absolute atomic E-state index is 0.0403. The van der Waals surface area contributed by atoms with Gasteiger partial charge in [-0.05, 0) is 69.1 Å². The molecule has 1 fully saturated rings. The molecule has 1 aliphatic rings. The lowest BCUT2D eigenvalue weighted by molar-refractivity contribution is -0.145. The fourth-order valence-corrected chi connectivity index (χ4v) is 4.48. The van der Waals surface area contributed by atoms with Crippen LogP contribution in [-0.4, -0.2) is 45.4 Å². The van der Waals surface area contributed by atoms with E-state index < -0.39 is 36.0 Å². The third-order valence-corrected chi connectivity index (χ3v) is 6.26. The van der Waals surface area contributed by atoms with Crippen LogP contribution in [-0.2, 0) is 15.8 Å². The fourth-order valence-electron chi connectivity index (χ4n) is 4.48. The highest BCUT2D eigenvalue weighted by atomic mass is 19.4. The van der Waals surface area contributed by atoms with E-state index in [1.54, 1.807) is 6.92 Å². The van der Waals surface area contributed by atoms with Crippen LogP contribution >= 0.6 is 0 Å². The smallest absolute Gasteiger partial charge is 0.416 e. The van der Waals surface area contributed by atoms with E-state index in [2.05, 4.69) is 0 Å². The van der Waals surface area contributed by atoms with Crippen LogP contribution in [0, 0.1) is 11.8 Å². The van der Waals surface area contributed by atoms with Crippen LogP contribution in [0.25, 0.3) is 0 Å². The lowest BCUT2D eigenvalue weighted by atomic mass is 9.85. The van der Waals surface area contributed by atoms with Crippen molar-refractivity contribution in [1.29, 1.82) is 0 Å². The molecule has 1 aliphatic carbocycles. The Morgan fingerprint density at radius 3 is 2.33 bits per heavy atom. The summed E-state index contributed by atoms with van der Waals surface area (Å²) in [6.07, 6.45) is -2.38. The van der Waals surface area contributed by atoms with Crippen molar-refractivity contribution in [1.82, 2.24) is 0 Å². The Bertz CT molecular complexity index is 782. The Hall–Kier alpha value is -1.97. The number of ether oxygens (including phenoxy) is 1. The number of carbonyl (C=O) groups excluding carboxylic acids is 2. The van der Waals surface area contributed by atoms with Crippen LogP contribution in [0.5, 0.6) is 5.75 Å². The number of hydrogen-bond donors (Lipinski definition) is 3. The van der Waals surface area contributed by atoms with Crippen LogP contribution in [0.3, 0.4) is 0 Å². The van der Waals surface area contributed by atoms with Crippen molar-refractivity contribution in [2.45, 2.75) is 89.2 Å². The van der Waals surface area contributed by atoms with Crippen molar-refractivity contribution in [2.24, 2.45) is 11.8 Å². The zero-order valence-corrected chi connectivity index (χ0v) is 18.8. The van der Waals surface area contributed by atoms with Gasteiger partial charge in [0, 0.05) is 6.42 Å². The summed E-state index contributed by atoms with van der Waals surface area (Å²) in [6, 6.07) is 3.85. The number of Topliss-reactive ketones (excluding diaryl/α,β-unsaturated/α-hetero) is 1. The Kier molecular flexibility index (Phi) is 10.3. The normalized spacial score (nSPS) is 24.0. The zero-order chi connectivity index (χ0) is 24.6. The Morgan fingerprint density at radius 2 is 1.70 bits per heavy atom. The van der Waals surface area contributed by atoms with Gasteiger partial charge < -0.3 is 24.9 Å². The molecule has 1 unspecified atom stereocenters. The maximum Gasteiger partial charge on any atom is 0.416 e. The highest BCUT2D eigenvalue weighted by Crippen LogP contribution is 2.39. The van der Waals surface area contributed by atoms with Gasteiger partial charge in [0.2, 0.25) is 0 Å². The van der Waals surface area contributed by atoms with Crippen molar-refractivity contribution in [3.63, 3.8) is 0 Å². The molecule has 0 saturated heterocycles. The molecule has 1 saturated carbocycles. The van der Waals surface area contributed by atoms with E-state index in [9.17, 15) is 38.1 Å². The molecule has 0 aromatic heterocycles. The molecule has 0 aliphatic heterocycles. The highest BCUT2D eigenvalue weighted by Gasteiger charge is 2.41. The SMILES string of the molecule is CC(=O)CCCCCC[C@@H]1[C@@H](CCC(O)C(=O)Oc2cccc(C(F)(F)F)c2)[C@H](O)C[C@@H]1O. The molecule has 0 radical (unpaired) electrons. The number of carbonyl (C=O) groups is 2. The number of ketones is 1. The number of rotatable bonds is 12. The molecule has 1 aromatic rings. The largest absolute Gasteiger partial charge is 0.425 e. The third kappa shape index (κ3) is 8.72. The van der Waals surface area contributed by atoms with Crippen LogP contribution in [0.2, 0.25) is 0 Å². The Balaban J connectivity index is 1.83. The number of halogens is 3. The molecule has 0 bridgehead atoms. The molecule has 1 aromatic carbocycles. The summed E-state index contributed by atoms with van der Waals surface area (Å²) < 4.78 is 43.3. The summed E-state index contributed by atoms with van der Waals surface area (Å²) in [5, 5.41) is 30.8. The van der Waals surface area contributed by atoms with Crippen LogP contribution in [0.1, 0.15) is 70.3 Å². The van der Waals surface area contributed by atoms with E-state index in [4.69, 9.17) is 4.74 Å². The average molecular weight is 475 g/mol. The molecule has 3 N–H and O–H groups in total. The first-order valence-corrected chi connectivity index (χ1v) is 11.4. The van der Waals surface area contributed by atoms with Crippen LogP contribution < -0.4 is 4.74 Å². The number of esters is 1. The molecule has 5 atom stereocenters. The summed E-state index contributed by atoms with van der Waals surface area (Å²) >= 11 is 0. The van der Waals surface area contributed by atoms with E-state index in [0.717, 1.165) is 37.8 Å². The van der Waals surface area contributed by atoms with Gasteiger partial charge in [-0.25, -0.2) is 4.79 Å². The molecular formula is C24H33F3O6. The van der Waals surface area contributed by atoms with E-state index >= 15 is 0 Å². The minimum Gasteiger partial charge on any atom is -0.425 e. The number of unbranched alkanes of at least 4 members (excludes halogenated alkanes) is 3. The van der Waals surface area contributed by atoms with Gasteiger partial charge in [-0.2, -0.15) is 13.2 Å². The van der Waals surface area contributed by atoms with E-state index in [1.165, 1.54) is 6.07 Å². The first-order chi connectivity index (χ1) is 15.5. The summed E-state index contributed by atoms with van der Waals surface area (Å²) in [7, 11) is 0. The highest BCUT2D eigenvalue weighted by molar-refractivity contribution is 5.77. The summed E-state index contributed by atoms with van der Waals surface area (Å²) in [5.74, 6) is -1.68. The van der Waals surface area contributed by atoms with Gasteiger partial charge in [-0.1, -0.05) is 25.3 Å². The van der Waals surface area contributed by atoms with Gasteiger partial charge in [-0.3, -0.25) is 0 Å². The van der Waals surface area contributed by atoms with Crippen molar-refractivity contribution in [2.75, 3.05) is 0 Å². The van der Waals surface area contributed by atoms with Gasteiger partial charge in [0.15, 0.2) is 6.10 Å². The molecule has 9 heteroatoms. The fraction of sp³-hybridized carbons (Fsp3) is 0.667. The van der Waals surface area contributed by atoms with Crippen molar-refractivity contribution < 1.29 is 42.8 Å². The van der Waals surface area contributed by atoms with Gasteiger partial charge in [0.25, 0.3) is 0 Å². The summed E-state index contributed by atoms with van der Waals surface area (Å²) in [4.78, 5) is 23.1. The second-order valence-electron chi connectivity index (χ2n) is 8.89. The molecular weight excluding hydrogens is 441 g/mol. The summed E-state index contributed by atoms with van der Waals surface area (Å²) in [6.45, 7) is 1.56. The standard InChI is InChI=1S/C24H33F3O6/c1-15(28)7-4-2-3-5-10-18-19(22(31)14-21(18)30)11-12-20(29)23(32)33-17-9-6-8-16(13-17)24(25,26)27/h6,8-9,13,18-22,29-31H,2-5,7,10-12,14H2,1H3/t18-,19-,20?,21+,22-/m1/s1. The number of hydrogen-bond acceptors (Lipinski definition) is 6. The van der Waals surface area contributed by atoms with E-state index in [-0.39, 0.29) is 42.6 Å². The number of alkyl halides is 3. The Labute approximate surface area is 191 Å². The monoisotopic (exact) mass is 474 g/mol. The maximum atomic E-state index is 12.8. The molecule has 186 valence electrons. The first kappa shape index (κ1) is 27.3. The quantitative estimate of drug-likeness (QED) is 0.240. The molecule has 0 spiro atoms. The van der Waals surface area contributed by atoms with Gasteiger partial charge in [0.05, 0.1) is 17.8 Å². The molecule has 0 heterocycles. The number of aliphatic hydroxyl groups is 3. The number of benzene rings is 1. The lowest BCUT2D eigenvalue weighted by Crippen LogP contribution is -2.29. The minimum atomic E-state index is -4.58. The second-order valence-corrected chi connectivity index (χ2v) is 8.89. The van der Waals surface area contributed by atoms with Crippen LogP contribution in [0.4, 0.5) is 13.2 Å². The maximum absolute atomic E-state index is 12.8. The number of aliphatic hydroxyl groups excluding tert-OH is 3. The summed E-state index contributed by atoms with van der Waals surface area (Å²) in [5.41, 5.74) is -0.963. The molecule has 0 amide bonds. The van der Waals surface area contributed by atoms with Gasteiger partial charge >= 0.3 is 12.1 Å². The molecule has 33 heavy (non-hydrogen) atoms. The van der Waals surface area contributed by atoms with Crippen molar-refractivity contribution in [3.05, 3.63) is 29.8 Å². The van der Waals surface area contributed by atoms with Gasteiger partial charge in [0.1, 0.15) is 11.5 Å². The van der Waals surface area contributed by atoms with Crippen molar-refractivity contribution >= 4 is 11.8 Å². The van der Waals surface area contributed by atoms with Gasteiger partial charge in [-0.15, -0.1) is 0 Å². The predicted molar refractivity (Wildman–Crippen MR) is 114 cm³/mol. The molecule has 2 rings (SSSR count). The third-order valence-electron chi connectivity index (χ3n) is 6.26. The van der Waals surface area contributed by atoms with E-state index in [1.807, 2.05) is 0 Å². The predicted octanol–water partition coefficient (Wildman–Crippen LogP) is 4.04. The van der Waals surface area contributed by atoms with Crippen LogP contribution in [0.15, 0.2) is 24.3 Å². The second kappa shape index (κ2) is 12.5. The first-order valence-electron chi connectivity index (χ1n) is 11.4. The Morgan fingerprint density at radius 1 is 1.06 bits per heavy atom.